The molecule has 3 aromatic rings. The van der Waals surface area contributed by atoms with Crippen molar-refractivity contribution in [1.82, 2.24) is 4.98 Å². The van der Waals surface area contributed by atoms with Crippen molar-refractivity contribution in [3.8, 4) is 11.3 Å². The third-order valence-corrected chi connectivity index (χ3v) is 3.68. The van der Waals surface area contributed by atoms with Crippen molar-refractivity contribution in [2.75, 3.05) is 0 Å². The summed E-state index contributed by atoms with van der Waals surface area (Å²) in [5, 5.41) is 8.91. The quantitative estimate of drug-likeness (QED) is 0.754. The van der Waals surface area contributed by atoms with Gasteiger partial charge >= 0.3 is 5.97 Å². The molecule has 0 aliphatic carbocycles. The molecule has 0 aliphatic heterocycles. The number of benzene rings is 2. The van der Waals surface area contributed by atoms with Crippen molar-refractivity contribution in [2.24, 2.45) is 0 Å². The second-order valence-electron chi connectivity index (χ2n) is 5.16. The second-order valence-corrected chi connectivity index (χ2v) is 5.16. The summed E-state index contributed by atoms with van der Waals surface area (Å²) >= 11 is 0. The Kier molecular flexibility index (Phi) is 3.82. The van der Waals surface area contributed by atoms with Crippen LogP contribution in [0.1, 0.15) is 12.0 Å². The minimum Gasteiger partial charge on any atom is -0.481 e. The summed E-state index contributed by atoms with van der Waals surface area (Å²) < 4.78 is 41.2. The number of aryl methyl sites for hydroxylation is 1. The molecule has 0 saturated carbocycles. The van der Waals surface area contributed by atoms with Crippen LogP contribution in [-0.2, 0) is 11.2 Å². The Labute approximate surface area is 129 Å². The van der Waals surface area contributed by atoms with E-state index >= 15 is 0 Å². The highest BCUT2D eigenvalue weighted by Crippen LogP contribution is 2.34. The lowest BCUT2D eigenvalue weighted by atomic mass is 10.0. The molecule has 0 atom stereocenters. The fourth-order valence-corrected chi connectivity index (χ4v) is 2.64. The number of halogens is 3. The summed E-state index contributed by atoms with van der Waals surface area (Å²) in [4.78, 5) is 13.6. The van der Waals surface area contributed by atoms with E-state index in [0.29, 0.717) is 16.8 Å². The van der Waals surface area contributed by atoms with Gasteiger partial charge in [0.15, 0.2) is 0 Å². The van der Waals surface area contributed by atoms with Gasteiger partial charge < -0.3 is 10.1 Å². The number of aromatic nitrogens is 1. The lowest BCUT2D eigenvalue weighted by Crippen LogP contribution is -1.99. The molecule has 3 rings (SSSR count). The Morgan fingerprint density at radius 1 is 1.00 bits per heavy atom. The molecule has 2 N–H and O–H groups in total. The van der Waals surface area contributed by atoms with Gasteiger partial charge in [0.25, 0.3) is 0 Å². The summed E-state index contributed by atoms with van der Waals surface area (Å²) in [6, 6.07) is 7.41. The van der Waals surface area contributed by atoms with E-state index in [0.717, 1.165) is 12.1 Å². The van der Waals surface area contributed by atoms with Crippen LogP contribution in [0.5, 0.6) is 0 Å². The van der Waals surface area contributed by atoms with E-state index in [4.69, 9.17) is 5.11 Å². The van der Waals surface area contributed by atoms with E-state index in [1.807, 2.05) is 0 Å². The molecule has 6 heteroatoms. The number of hydrogen-bond donors (Lipinski definition) is 2. The van der Waals surface area contributed by atoms with Gasteiger partial charge in [-0.05, 0) is 53.9 Å². The van der Waals surface area contributed by atoms with E-state index in [-0.39, 0.29) is 23.7 Å². The lowest BCUT2D eigenvalue weighted by Gasteiger charge is -2.04. The summed E-state index contributed by atoms with van der Waals surface area (Å²) in [6.07, 6.45) is -0.195. The van der Waals surface area contributed by atoms with E-state index in [9.17, 15) is 18.0 Å². The first-order chi connectivity index (χ1) is 11.0. The van der Waals surface area contributed by atoms with E-state index < -0.39 is 23.4 Å². The first-order valence-electron chi connectivity index (χ1n) is 6.93. The Hall–Kier alpha value is -2.76. The number of fused-ring (bicyclic) bond motifs is 1. The molecule has 0 spiro atoms. The molecule has 0 fully saturated rings. The molecule has 0 bridgehead atoms. The number of carbonyl (C=O) groups is 1. The lowest BCUT2D eigenvalue weighted by molar-refractivity contribution is -0.136. The standard InChI is InChI=1S/C17H12F3NO2/c18-10-3-1-9(2-4-10)16-11(5-8-14(22)23)15-12(19)6-7-13(20)17(15)21-16/h1-4,6-7,21H,5,8H2,(H,22,23). The predicted octanol–water partition coefficient (Wildman–Crippen LogP) is 4.27. The summed E-state index contributed by atoms with van der Waals surface area (Å²) in [7, 11) is 0. The molecule has 23 heavy (non-hydrogen) atoms. The minimum absolute atomic E-state index is 0.0234. The molecule has 0 unspecified atom stereocenters. The van der Waals surface area contributed by atoms with Gasteiger partial charge in [-0.15, -0.1) is 0 Å². The number of nitrogens with one attached hydrogen (secondary N) is 1. The van der Waals surface area contributed by atoms with Crippen LogP contribution < -0.4 is 0 Å². The van der Waals surface area contributed by atoms with Crippen molar-refractivity contribution >= 4 is 16.9 Å². The molecule has 3 nitrogen and oxygen atoms in total. The number of H-pyrrole nitrogens is 1. The SMILES string of the molecule is O=C(O)CCc1c(-c2ccc(F)cc2)[nH]c2c(F)ccc(F)c12. The first kappa shape index (κ1) is 15.1. The summed E-state index contributed by atoms with van der Waals surface area (Å²) in [5.74, 6) is -2.74. The highest BCUT2D eigenvalue weighted by Gasteiger charge is 2.19. The fraction of sp³-hybridized carbons (Fsp3) is 0.118. The van der Waals surface area contributed by atoms with Crippen molar-refractivity contribution in [3.05, 3.63) is 59.4 Å². The minimum atomic E-state index is -1.04. The fourth-order valence-electron chi connectivity index (χ4n) is 2.64. The van der Waals surface area contributed by atoms with Crippen LogP contribution >= 0.6 is 0 Å². The third-order valence-electron chi connectivity index (χ3n) is 3.68. The molecule has 0 radical (unpaired) electrons. The van der Waals surface area contributed by atoms with Crippen LogP contribution in [0.4, 0.5) is 13.2 Å². The van der Waals surface area contributed by atoms with Crippen LogP contribution in [0.15, 0.2) is 36.4 Å². The molecular weight excluding hydrogens is 307 g/mol. The average molecular weight is 319 g/mol. The molecule has 0 saturated heterocycles. The maximum absolute atomic E-state index is 14.2. The Balaban J connectivity index is 2.25. The van der Waals surface area contributed by atoms with Gasteiger partial charge in [-0.1, -0.05) is 0 Å². The summed E-state index contributed by atoms with van der Waals surface area (Å²) in [5.41, 5.74) is 1.27. The Morgan fingerprint density at radius 3 is 2.30 bits per heavy atom. The monoisotopic (exact) mass is 319 g/mol. The highest BCUT2D eigenvalue weighted by molar-refractivity contribution is 5.92. The van der Waals surface area contributed by atoms with Gasteiger partial charge in [0.1, 0.15) is 17.5 Å². The van der Waals surface area contributed by atoms with Gasteiger partial charge in [-0.2, -0.15) is 0 Å². The van der Waals surface area contributed by atoms with Crippen LogP contribution in [0, 0.1) is 17.5 Å². The van der Waals surface area contributed by atoms with E-state index in [2.05, 4.69) is 4.98 Å². The number of carboxylic acid groups (broad SMARTS) is 1. The molecule has 1 aromatic heterocycles. The molecule has 2 aromatic carbocycles. The molecular formula is C17H12F3NO2. The van der Waals surface area contributed by atoms with Crippen molar-refractivity contribution < 1.29 is 23.1 Å². The first-order valence-corrected chi connectivity index (χ1v) is 6.93. The normalized spacial score (nSPS) is 11.1. The Bertz CT molecular complexity index is 885. The maximum atomic E-state index is 14.2. The number of rotatable bonds is 4. The van der Waals surface area contributed by atoms with Crippen LogP contribution in [0.2, 0.25) is 0 Å². The van der Waals surface area contributed by atoms with Crippen LogP contribution in [0.25, 0.3) is 22.2 Å². The average Bonchev–Trinajstić information content (AvgIpc) is 2.90. The zero-order chi connectivity index (χ0) is 16.6. The number of carboxylic acids is 1. The van der Waals surface area contributed by atoms with Gasteiger partial charge in [0, 0.05) is 17.5 Å². The number of aliphatic carboxylic acids is 1. The highest BCUT2D eigenvalue weighted by atomic mass is 19.1. The number of aromatic amines is 1. The molecule has 0 aliphatic rings. The molecule has 118 valence electrons. The van der Waals surface area contributed by atoms with Gasteiger partial charge in [-0.3, -0.25) is 4.79 Å². The third kappa shape index (κ3) is 2.79. The van der Waals surface area contributed by atoms with Gasteiger partial charge in [-0.25, -0.2) is 13.2 Å². The van der Waals surface area contributed by atoms with Crippen molar-refractivity contribution in [2.45, 2.75) is 12.8 Å². The summed E-state index contributed by atoms with van der Waals surface area (Å²) in [6.45, 7) is 0. The van der Waals surface area contributed by atoms with Crippen LogP contribution in [0.3, 0.4) is 0 Å². The zero-order valence-electron chi connectivity index (χ0n) is 11.9. The number of hydrogen-bond acceptors (Lipinski definition) is 1. The maximum Gasteiger partial charge on any atom is 0.303 e. The van der Waals surface area contributed by atoms with Crippen molar-refractivity contribution in [1.29, 1.82) is 0 Å². The second kappa shape index (κ2) is 5.79. The van der Waals surface area contributed by atoms with Gasteiger partial charge in [0.2, 0.25) is 0 Å². The van der Waals surface area contributed by atoms with Gasteiger partial charge in [0.05, 0.1) is 5.52 Å². The van der Waals surface area contributed by atoms with Crippen LogP contribution in [-0.4, -0.2) is 16.1 Å². The zero-order valence-corrected chi connectivity index (χ0v) is 11.9. The predicted molar refractivity (Wildman–Crippen MR) is 79.6 cm³/mol. The topological polar surface area (TPSA) is 53.1 Å². The Morgan fingerprint density at radius 2 is 1.65 bits per heavy atom. The van der Waals surface area contributed by atoms with E-state index in [1.165, 1.54) is 24.3 Å². The van der Waals surface area contributed by atoms with Crippen molar-refractivity contribution in [3.63, 3.8) is 0 Å². The molecule has 0 amide bonds. The smallest absolute Gasteiger partial charge is 0.303 e. The van der Waals surface area contributed by atoms with E-state index in [1.54, 1.807) is 0 Å². The molecule has 1 heterocycles. The largest absolute Gasteiger partial charge is 0.481 e.